The molecule has 1 rings (SSSR count). The summed E-state index contributed by atoms with van der Waals surface area (Å²) < 4.78 is 25.5. The second-order valence-corrected chi connectivity index (χ2v) is 5.85. The molecule has 0 bridgehead atoms. The van der Waals surface area contributed by atoms with Crippen molar-refractivity contribution in [3.63, 3.8) is 0 Å². The largest absolute Gasteiger partial charge is 0.326 e. The highest BCUT2D eigenvalue weighted by atomic mass is 35.5. The molecule has 0 amide bonds. The number of nitrogens with two attached hydrogens (primary N) is 1. The Bertz CT molecular complexity index is 209. The second kappa shape index (κ2) is 8.51. The molecule has 0 unspecified atom stereocenters. The van der Waals surface area contributed by atoms with E-state index in [1.807, 2.05) is 13.8 Å². The molecule has 1 aliphatic rings. The van der Waals surface area contributed by atoms with Gasteiger partial charge in [-0.15, -0.1) is 24.8 Å². The van der Waals surface area contributed by atoms with Crippen molar-refractivity contribution in [2.75, 3.05) is 33.0 Å². The molecule has 1 saturated heterocycles. The minimum atomic E-state index is -0.686. The van der Waals surface area contributed by atoms with Gasteiger partial charge in [-0.05, 0) is 52.7 Å². The Morgan fingerprint density at radius 1 is 1.11 bits per heavy atom. The van der Waals surface area contributed by atoms with E-state index in [9.17, 15) is 8.78 Å². The molecule has 0 aromatic heterocycles. The van der Waals surface area contributed by atoms with E-state index in [0.717, 1.165) is 26.1 Å². The van der Waals surface area contributed by atoms with Gasteiger partial charge in [0.05, 0.1) is 13.3 Å². The van der Waals surface area contributed by atoms with Crippen molar-refractivity contribution in [3.05, 3.63) is 0 Å². The Morgan fingerprint density at radius 3 is 1.89 bits per heavy atom. The second-order valence-electron chi connectivity index (χ2n) is 5.85. The van der Waals surface area contributed by atoms with Crippen molar-refractivity contribution >= 4 is 24.8 Å². The average molecular weight is 307 g/mol. The standard InChI is InChI=1S/C12H24F2N2.2ClH/c1-11(2,15)3-6-16-7-4-12(9-13,10-14)5-8-16;;/h3-10,15H2,1-2H3;2*1H. The molecule has 18 heavy (non-hydrogen) atoms. The molecular weight excluding hydrogens is 281 g/mol. The van der Waals surface area contributed by atoms with Crippen LogP contribution in [-0.2, 0) is 0 Å². The zero-order valence-electron chi connectivity index (χ0n) is 11.3. The lowest BCUT2D eigenvalue weighted by molar-refractivity contribution is 0.0521. The average Bonchev–Trinajstić information content (AvgIpc) is 2.26. The monoisotopic (exact) mass is 306 g/mol. The van der Waals surface area contributed by atoms with Crippen LogP contribution in [0.2, 0.25) is 0 Å². The fourth-order valence-electron chi connectivity index (χ4n) is 2.00. The van der Waals surface area contributed by atoms with Crippen molar-refractivity contribution in [1.82, 2.24) is 4.90 Å². The van der Waals surface area contributed by atoms with E-state index in [-0.39, 0.29) is 30.4 Å². The first-order valence-electron chi connectivity index (χ1n) is 6.04. The molecule has 0 aromatic rings. The van der Waals surface area contributed by atoms with Crippen molar-refractivity contribution in [2.24, 2.45) is 11.1 Å². The number of hydrogen-bond donors (Lipinski definition) is 1. The molecule has 0 atom stereocenters. The van der Waals surface area contributed by atoms with Crippen molar-refractivity contribution in [2.45, 2.75) is 38.6 Å². The van der Waals surface area contributed by atoms with Gasteiger partial charge in [0.2, 0.25) is 0 Å². The number of alkyl halides is 2. The molecule has 0 saturated carbocycles. The fourth-order valence-corrected chi connectivity index (χ4v) is 2.00. The van der Waals surface area contributed by atoms with Gasteiger partial charge in [0, 0.05) is 11.0 Å². The minimum absolute atomic E-state index is 0. The lowest BCUT2D eigenvalue weighted by Crippen LogP contribution is -2.45. The normalized spacial score (nSPS) is 19.8. The van der Waals surface area contributed by atoms with Crippen LogP contribution in [0.25, 0.3) is 0 Å². The summed E-state index contributed by atoms with van der Waals surface area (Å²) in [5.74, 6) is 0. The Morgan fingerprint density at radius 2 is 1.56 bits per heavy atom. The van der Waals surface area contributed by atoms with Crippen LogP contribution < -0.4 is 5.73 Å². The van der Waals surface area contributed by atoms with Gasteiger partial charge in [-0.1, -0.05) is 0 Å². The summed E-state index contributed by atoms with van der Waals surface area (Å²) in [6, 6.07) is 0. The van der Waals surface area contributed by atoms with Gasteiger partial charge in [0.1, 0.15) is 0 Å². The van der Waals surface area contributed by atoms with Crippen molar-refractivity contribution in [3.8, 4) is 0 Å². The van der Waals surface area contributed by atoms with Gasteiger partial charge in [0.15, 0.2) is 0 Å². The van der Waals surface area contributed by atoms with Crippen LogP contribution in [0.1, 0.15) is 33.1 Å². The smallest absolute Gasteiger partial charge is 0.0976 e. The number of rotatable bonds is 5. The topological polar surface area (TPSA) is 29.3 Å². The molecule has 112 valence electrons. The van der Waals surface area contributed by atoms with Crippen LogP contribution in [0.5, 0.6) is 0 Å². The molecule has 0 aliphatic carbocycles. The molecule has 0 aromatic carbocycles. The van der Waals surface area contributed by atoms with E-state index in [1.54, 1.807) is 0 Å². The van der Waals surface area contributed by atoms with Crippen LogP contribution in [0.15, 0.2) is 0 Å². The van der Waals surface area contributed by atoms with Gasteiger partial charge < -0.3 is 10.6 Å². The highest BCUT2D eigenvalue weighted by molar-refractivity contribution is 5.85. The number of nitrogens with zero attached hydrogens (tertiary/aromatic N) is 1. The Kier molecular flexibility index (Phi) is 9.78. The van der Waals surface area contributed by atoms with Crippen LogP contribution in [0.3, 0.4) is 0 Å². The quantitative estimate of drug-likeness (QED) is 0.846. The van der Waals surface area contributed by atoms with E-state index in [2.05, 4.69) is 4.90 Å². The van der Waals surface area contributed by atoms with E-state index < -0.39 is 18.8 Å². The maximum atomic E-state index is 12.8. The summed E-state index contributed by atoms with van der Waals surface area (Å²) in [5, 5.41) is 0. The number of halogens is 4. The van der Waals surface area contributed by atoms with Crippen LogP contribution in [-0.4, -0.2) is 43.4 Å². The van der Waals surface area contributed by atoms with E-state index in [1.165, 1.54) is 0 Å². The van der Waals surface area contributed by atoms with Gasteiger partial charge in [-0.2, -0.15) is 0 Å². The maximum absolute atomic E-state index is 12.8. The molecule has 0 spiro atoms. The highest BCUT2D eigenvalue weighted by Crippen LogP contribution is 2.32. The SMILES string of the molecule is CC(C)(N)CCN1CCC(CF)(CF)CC1.Cl.Cl. The highest BCUT2D eigenvalue weighted by Gasteiger charge is 2.34. The molecule has 0 radical (unpaired) electrons. The first-order chi connectivity index (χ1) is 7.41. The van der Waals surface area contributed by atoms with E-state index in [0.29, 0.717) is 12.8 Å². The number of likely N-dealkylation sites (tertiary alicyclic amines) is 1. The Hall–Kier alpha value is 0.360. The molecule has 2 N–H and O–H groups in total. The molecule has 6 heteroatoms. The third-order valence-electron chi connectivity index (χ3n) is 3.56. The van der Waals surface area contributed by atoms with Gasteiger partial charge in [-0.25, -0.2) is 0 Å². The van der Waals surface area contributed by atoms with Gasteiger partial charge in [-0.3, -0.25) is 8.78 Å². The third kappa shape index (κ3) is 6.50. The molecular formula is C12H26Cl2F2N2. The van der Waals surface area contributed by atoms with E-state index in [4.69, 9.17) is 5.73 Å². The summed E-state index contributed by atoms with van der Waals surface area (Å²) in [5.41, 5.74) is 5.07. The Balaban J connectivity index is 0. The summed E-state index contributed by atoms with van der Waals surface area (Å²) in [7, 11) is 0. The molecule has 1 fully saturated rings. The number of piperidine rings is 1. The minimum Gasteiger partial charge on any atom is -0.326 e. The Labute approximate surface area is 121 Å². The summed E-state index contributed by atoms with van der Waals surface area (Å²) >= 11 is 0. The predicted molar refractivity (Wildman–Crippen MR) is 77.4 cm³/mol. The maximum Gasteiger partial charge on any atom is 0.0976 e. The first kappa shape index (κ1) is 20.7. The van der Waals surface area contributed by atoms with Gasteiger partial charge >= 0.3 is 0 Å². The van der Waals surface area contributed by atoms with Crippen molar-refractivity contribution in [1.29, 1.82) is 0 Å². The lowest BCUT2D eigenvalue weighted by atomic mass is 9.81. The lowest BCUT2D eigenvalue weighted by Gasteiger charge is -2.39. The predicted octanol–water partition coefficient (Wildman–Crippen LogP) is 2.98. The fraction of sp³-hybridized carbons (Fsp3) is 1.00. The molecule has 2 nitrogen and oxygen atoms in total. The zero-order valence-corrected chi connectivity index (χ0v) is 12.9. The molecule has 1 heterocycles. The van der Waals surface area contributed by atoms with Crippen molar-refractivity contribution < 1.29 is 8.78 Å². The summed E-state index contributed by atoms with van der Waals surface area (Å²) in [4.78, 5) is 2.26. The summed E-state index contributed by atoms with van der Waals surface area (Å²) in [6.45, 7) is 5.47. The summed E-state index contributed by atoms with van der Waals surface area (Å²) in [6.07, 6.45) is 2.18. The van der Waals surface area contributed by atoms with Crippen LogP contribution in [0, 0.1) is 5.41 Å². The molecule has 1 aliphatic heterocycles. The third-order valence-corrected chi connectivity index (χ3v) is 3.56. The number of hydrogen-bond acceptors (Lipinski definition) is 2. The van der Waals surface area contributed by atoms with Crippen LogP contribution >= 0.6 is 24.8 Å². The van der Waals surface area contributed by atoms with Crippen LogP contribution in [0.4, 0.5) is 8.78 Å². The van der Waals surface area contributed by atoms with Gasteiger partial charge in [0.25, 0.3) is 0 Å². The zero-order chi connectivity index (χ0) is 12.2. The first-order valence-corrected chi connectivity index (χ1v) is 6.04. The van der Waals surface area contributed by atoms with E-state index >= 15 is 0 Å².